The molecule has 1 N–H and O–H groups in total. The minimum Gasteiger partial charge on any atom is -0.423 e. The summed E-state index contributed by atoms with van der Waals surface area (Å²) < 4.78 is 5.94. The molecule has 29 heavy (non-hydrogen) atoms. The van der Waals surface area contributed by atoms with Crippen LogP contribution in [-0.4, -0.2) is 66.6 Å². The van der Waals surface area contributed by atoms with Crippen LogP contribution in [0, 0.1) is 5.92 Å². The van der Waals surface area contributed by atoms with E-state index in [1.54, 1.807) is 0 Å². The van der Waals surface area contributed by atoms with Crippen molar-refractivity contribution < 1.29 is 9.21 Å². The van der Waals surface area contributed by atoms with Gasteiger partial charge in [0.2, 0.25) is 5.91 Å². The Bertz CT molecular complexity index is 770. The summed E-state index contributed by atoms with van der Waals surface area (Å²) >= 11 is 1.83. The molecule has 0 bridgehead atoms. The molecule has 7 heteroatoms. The highest BCUT2D eigenvalue weighted by atomic mass is 32.2. The first-order valence-electron chi connectivity index (χ1n) is 10.9. The number of thioether (sulfide) groups is 1. The molecular weight excluding hydrogens is 384 g/mol. The van der Waals surface area contributed by atoms with Gasteiger partial charge in [-0.15, -0.1) is 0 Å². The van der Waals surface area contributed by atoms with E-state index in [4.69, 9.17) is 4.42 Å². The van der Waals surface area contributed by atoms with Crippen LogP contribution in [0.1, 0.15) is 32.1 Å². The Labute approximate surface area is 177 Å². The number of nitrogens with one attached hydrogen (secondary N) is 1. The number of nitrogens with zero attached hydrogens (tertiary/aromatic N) is 3. The lowest BCUT2D eigenvalue weighted by atomic mass is 9.93. The molecule has 0 unspecified atom stereocenters. The molecule has 0 radical (unpaired) electrons. The molecule has 1 aromatic carbocycles. The molecule has 0 saturated carbocycles. The van der Waals surface area contributed by atoms with Gasteiger partial charge in [-0.1, -0.05) is 12.1 Å². The Kier molecular flexibility index (Phi) is 6.98. The average molecular weight is 417 g/mol. The second-order valence-electron chi connectivity index (χ2n) is 8.15. The number of rotatable bonds is 7. The zero-order valence-electron chi connectivity index (χ0n) is 17.3. The molecule has 2 aliphatic heterocycles. The highest BCUT2D eigenvalue weighted by Crippen LogP contribution is 2.28. The fraction of sp³-hybridized carbons (Fsp3) is 0.636. The van der Waals surface area contributed by atoms with E-state index in [0.29, 0.717) is 6.04 Å². The van der Waals surface area contributed by atoms with Crippen LogP contribution >= 0.6 is 11.8 Å². The maximum absolute atomic E-state index is 12.5. The van der Waals surface area contributed by atoms with Crippen LogP contribution in [0.15, 0.2) is 28.7 Å². The monoisotopic (exact) mass is 416 g/mol. The summed E-state index contributed by atoms with van der Waals surface area (Å²) in [7, 11) is 0. The van der Waals surface area contributed by atoms with Crippen molar-refractivity contribution in [3.8, 4) is 0 Å². The Hall–Kier alpha value is -1.73. The first-order chi connectivity index (χ1) is 14.2. The van der Waals surface area contributed by atoms with Crippen LogP contribution < -0.4 is 10.2 Å². The van der Waals surface area contributed by atoms with Crippen molar-refractivity contribution in [3.63, 3.8) is 0 Å². The molecule has 0 aliphatic carbocycles. The van der Waals surface area contributed by atoms with Crippen molar-refractivity contribution in [2.75, 3.05) is 49.6 Å². The van der Waals surface area contributed by atoms with E-state index in [1.807, 2.05) is 36.0 Å². The number of anilines is 1. The fourth-order valence-corrected chi connectivity index (χ4v) is 4.98. The standard InChI is InChI=1S/C22H32N4O2S/c1-29-15-5-11-23-21(27)17-6-4-12-26(16-17)18-9-13-25(14-10-18)22-24-19-7-2-3-8-20(19)28-22/h2-3,7-8,17-18H,4-6,9-16H2,1H3,(H,23,27)/t17-/m0/s1. The molecule has 1 atom stereocenters. The highest BCUT2D eigenvalue weighted by molar-refractivity contribution is 7.98. The largest absolute Gasteiger partial charge is 0.423 e. The number of benzene rings is 1. The predicted molar refractivity (Wildman–Crippen MR) is 120 cm³/mol. The summed E-state index contributed by atoms with van der Waals surface area (Å²) in [5.74, 6) is 1.50. The van der Waals surface area contributed by atoms with Crippen molar-refractivity contribution >= 4 is 34.8 Å². The van der Waals surface area contributed by atoms with Gasteiger partial charge in [-0.05, 0) is 62.8 Å². The van der Waals surface area contributed by atoms with Gasteiger partial charge in [-0.3, -0.25) is 9.69 Å². The van der Waals surface area contributed by atoms with E-state index in [-0.39, 0.29) is 11.8 Å². The molecule has 6 nitrogen and oxygen atoms in total. The van der Waals surface area contributed by atoms with Gasteiger partial charge < -0.3 is 14.6 Å². The number of likely N-dealkylation sites (tertiary alicyclic amines) is 1. The molecule has 1 aromatic heterocycles. The number of fused-ring (bicyclic) bond motifs is 1. The van der Waals surface area contributed by atoms with E-state index in [0.717, 1.165) is 87.7 Å². The van der Waals surface area contributed by atoms with Crippen LogP contribution in [0.25, 0.3) is 11.1 Å². The van der Waals surface area contributed by atoms with Crippen LogP contribution in [0.2, 0.25) is 0 Å². The third-order valence-corrected chi connectivity index (χ3v) is 6.88. The van der Waals surface area contributed by atoms with Crippen LogP contribution in [0.5, 0.6) is 0 Å². The summed E-state index contributed by atoms with van der Waals surface area (Å²) in [5, 5.41) is 3.14. The van der Waals surface area contributed by atoms with E-state index >= 15 is 0 Å². The van der Waals surface area contributed by atoms with Crippen molar-refractivity contribution in [1.82, 2.24) is 15.2 Å². The fourth-order valence-electron chi connectivity index (χ4n) is 4.54. The summed E-state index contributed by atoms with van der Waals surface area (Å²) in [5.41, 5.74) is 1.78. The van der Waals surface area contributed by atoms with Gasteiger partial charge in [0.1, 0.15) is 5.52 Å². The molecule has 1 amide bonds. The molecular formula is C22H32N4O2S. The molecule has 0 spiro atoms. The minimum atomic E-state index is 0.146. The lowest BCUT2D eigenvalue weighted by Crippen LogP contribution is -2.51. The van der Waals surface area contributed by atoms with Gasteiger partial charge in [0.15, 0.2) is 5.58 Å². The number of hydrogen-bond acceptors (Lipinski definition) is 6. The van der Waals surface area contributed by atoms with Crippen LogP contribution in [0.4, 0.5) is 6.01 Å². The number of carbonyl (C=O) groups excluding carboxylic acids is 1. The van der Waals surface area contributed by atoms with Crippen molar-refractivity contribution in [2.45, 2.75) is 38.1 Å². The number of hydrogen-bond donors (Lipinski definition) is 1. The lowest BCUT2D eigenvalue weighted by molar-refractivity contribution is -0.127. The van der Waals surface area contributed by atoms with E-state index in [9.17, 15) is 4.79 Å². The van der Waals surface area contributed by atoms with E-state index in [1.165, 1.54) is 0 Å². The minimum absolute atomic E-state index is 0.146. The predicted octanol–water partition coefficient (Wildman–Crippen LogP) is 3.38. The van der Waals surface area contributed by atoms with Crippen LogP contribution in [0.3, 0.4) is 0 Å². The second-order valence-corrected chi connectivity index (χ2v) is 9.14. The quantitative estimate of drug-likeness (QED) is 0.698. The normalized spacial score (nSPS) is 21.6. The SMILES string of the molecule is CSCCCNC(=O)[C@H]1CCCN(C2CCN(c3nc4ccccc4o3)CC2)C1. The van der Waals surface area contributed by atoms with Crippen molar-refractivity contribution in [3.05, 3.63) is 24.3 Å². The average Bonchev–Trinajstić information content (AvgIpc) is 3.21. The van der Waals surface area contributed by atoms with Crippen LogP contribution in [-0.2, 0) is 4.79 Å². The molecule has 4 rings (SSSR count). The van der Waals surface area contributed by atoms with Gasteiger partial charge in [0, 0.05) is 32.2 Å². The van der Waals surface area contributed by atoms with Crippen molar-refractivity contribution in [1.29, 1.82) is 0 Å². The number of carbonyl (C=O) groups is 1. The first-order valence-corrected chi connectivity index (χ1v) is 12.2. The lowest BCUT2D eigenvalue weighted by Gasteiger charge is -2.41. The Morgan fingerprint density at radius 2 is 2.07 bits per heavy atom. The Balaban J connectivity index is 1.27. The number of piperidine rings is 2. The van der Waals surface area contributed by atoms with Gasteiger partial charge in [0.05, 0.1) is 5.92 Å². The van der Waals surface area contributed by atoms with Gasteiger partial charge in [-0.2, -0.15) is 16.7 Å². The Morgan fingerprint density at radius 1 is 1.24 bits per heavy atom. The summed E-state index contributed by atoms with van der Waals surface area (Å²) in [6, 6.07) is 9.24. The molecule has 2 fully saturated rings. The molecule has 158 valence electrons. The third-order valence-electron chi connectivity index (χ3n) is 6.18. The number of oxazole rings is 1. The smallest absolute Gasteiger partial charge is 0.298 e. The summed E-state index contributed by atoms with van der Waals surface area (Å²) in [6.07, 6.45) is 7.50. The molecule has 3 heterocycles. The first kappa shape index (κ1) is 20.5. The molecule has 2 aliphatic rings. The third kappa shape index (κ3) is 5.07. The summed E-state index contributed by atoms with van der Waals surface area (Å²) in [4.78, 5) is 22.0. The van der Waals surface area contributed by atoms with Crippen molar-refractivity contribution in [2.24, 2.45) is 5.92 Å². The zero-order chi connectivity index (χ0) is 20.1. The van der Waals surface area contributed by atoms with Gasteiger partial charge in [-0.25, -0.2) is 0 Å². The van der Waals surface area contributed by atoms with Gasteiger partial charge >= 0.3 is 0 Å². The number of para-hydroxylation sites is 2. The number of amides is 1. The van der Waals surface area contributed by atoms with E-state index < -0.39 is 0 Å². The highest BCUT2D eigenvalue weighted by Gasteiger charge is 2.32. The maximum atomic E-state index is 12.5. The molecule has 2 saturated heterocycles. The number of aromatic nitrogens is 1. The summed E-state index contributed by atoms with van der Waals surface area (Å²) in [6.45, 7) is 4.74. The van der Waals surface area contributed by atoms with Gasteiger partial charge in [0.25, 0.3) is 6.01 Å². The maximum Gasteiger partial charge on any atom is 0.298 e. The zero-order valence-corrected chi connectivity index (χ0v) is 18.1. The molecule has 2 aromatic rings. The second kappa shape index (κ2) is 9.85. The Morgan fingerprint density at radius 3 is 2.86 bits per heavy atom. The van der Waals surface area contributed by atoms with E-state index in [2.05, 4.69) is 26.4 Å². The topological polar surface area (TPSA) is 61.6 Å².